The molecule has 0 N–H and O–H groups in total. The van der Waals surface area contributed by atoms with Gasteiger partial charge in [-0.25, -0.2) is 0 Å². The van der Waals surface area contributed by atoms with Crippen LogP contribution in [0.4, 0.5) is 0 Å². The van der Waals surface area contributed by atoms with Crippen LogP contribution in [-0.4, -0.2) is 24.6 Å². The molecule has 1 unspecified atom stereocenters. The average Bonchev–Trinajstić information content (AvgIpc) is 2.52. The number of hydrogen-bond donors (Lipinski definition) is 0. The lowest BCUT2D eigenvalue weighted by molar-refractivity contribution is -0.152. The summed E-state index contributed by atoms with van der Waals surface area (Å²) in [5.41, 5.74) is 0. The van der Waals surface area contributed by atoms with Crippen molar-refractivity contribution < 1.29 is 19.1 Å². The zero-order valence-electron chi connectivity index (χ0n) is 15.6. The van der Waals surface area contributed by atoms with Crippen LogP contribution in [-0.2, 0) is 19.1 Å². The molecule has 0 aromatic rings. The molecule has 0 aliphatic carbocycles. The summed E-state index contributed by atoms with van der Waals surface area (Å²) in [5.74, 6) is 0.0357. The highest BCUT2D eigenvalue weighted by Crippen LogP contribution is 2.12. The Kier molecular flexibility index (Phi) is 13.9. The van der Waals surface area contributed by atoms with Crippen molar-refractivity contribution in [3.8, 4) is 0 Å². The van der Waals surface area contributed by atoms with E-state index in [1.165, 1.54) is 19.3 Å². The van der Waals surface area contributed by atoms with Crippen LogP contribution in [0, 0.1) is 5.92 Å². The maximum atomic E-state index is 11.7. The molecular formula is C19H36O4. The summed E-state index contributed by atoms with van der Waals surface area (Å²) in [7, 11) is 0. The van der Waals surface area contributed by atoms with Gasteiger partial charge in [0.2, 0.25) is 0 Å². The summed E-state index contributed by atoms with van der Waals surface area (Å²) in [6, 6.07) is 0. The van der Waals surface area contributed by atoms with Crippen molar-refractivity contribution in [2.24, 2.45) is 5.92 Å². The summed E-state index contributed by atoms with van der Waals surface area (Å²) in [5, 5.41) is 0. The van der Waals surface area contributed by atoms with E-state index in [1.54, 1.807) is 0 Å². The molecule has 136 valence electrons. The van der Waals surface area contributed by atoms with Crippen LogP contribution in [0.15, 0.2) is 0 Å². The molecule has 0 aromatic heterocycles. The fourth-order valence-corrected chi connectivity index (χ4v) is 2.42. The van der Waals surface area contributed by atoms with Gasteiger partial charge in [-0.1, -0.05) is 53.4 Å². The van der Waals surface area contributed by atoms with E-state index < -0.39 is 0 Å². The first-order chi connectivity index (χ1) is 11.0. The molecule has 0 aliphatic rings. The van der Waals surface area contributed by atoms with Crippen LogP contribution < -0.4 is 0 Å². The third-order valence-corrected chi connectivity index (χ3v) is 3.95. The Labute approximate surface area is 142 Å². The highest BCUT2D eigenvalue weighted by molar-refractivity contribution is 5.70. The predicted octanol–water partition coefficient (Wildman–Crippen LogP) is 5.04. The quantitative estimate of drug-likeness (QED) is 0.331. The van der Waals surface area contributed by atoms with Gasteiger partial charge in [-0.2, -0.15) is 0 Å². The molecule has 0 heterocycles. The monoisotopic (exact) mass is 328 g/mol. The lowest BCUT2D eigenvalue weighted by atomic mass is 10.1. The Morgan fingerprint density at radius 2 is 1.43 bits per heavy atom. The summed E-state index contributed by atoms with van der Waals surface area (Å²) >= 11 is 0. The molecular weight excluding hydrogens is 292 g/mol. The number of unbranched alkanes of at least 4 members (excludes halogenated alkanes) is 5. The van der Waals surface area contributed by atoms with Crippen molar-refractivity contribution in [3.63, 3.8) is 0 Å². The maximum absolute atomic E-state index is 11.7. The third-order valence-electron chi connectivity index (χ3n) is 3.95. The average molecular weight is 328 g/mol. The minimum atomic E-state index is -0.158. The number of rotatable bonds is 14. The predicted molar refractivity (Wildman–Crippen MR) is 93.2 cm³/mol. The second kappa shape index (κ2) is 14.5. The van der Waals surface area contributed by atoms with Gasteiger partial charge in [0.1, 0.15) is 6.10 Å². The van der Waals surface area contributed by atoms with Gasteiger partial charge in [0.25, 0.3) is 0 Å². The topological polar surface area (TPSA) is 52.6 Å². The van der Waals surface area contributed by atoms with Crippen LogP contribution in [0.3, 0.4) is 0 Å². The molecule has 0 bridgehead atoms. The van der Waals surface area contributed by atoms with Crippen molar-refractivity contribution in [1.29, 1.82) is 0 Å². The summed E-state index contributed by atoms with van der Waals surface area (Å²) in [6.45, 7) is 8.84. The van der Waals surface area contributed by atoms with E-state index in [9.17, 15) is 9.59 Å². The van der Waals surface area contributed by atoms with Crippen molar-refractivity contribution >= 4 is 11.9 Å². The first-order valence-corrected chi connectivity index (χ1v) is 9.36. The molecule has 23 heavy (non-hydrogen) atoms. The van der Waals surface area contributed by atoms with Gasteiger partial charge in [0.05, 0.1) is 6.61 Å². The molecule has 0 saturated carbocycles. The van der Waals surface area contributed by atoms with Crippen molar-refractivity contribution in [2.75, 3.05) is 6.61 Å². The molecule has 0 radical (unpaired) electrons. The lowest BCUT2D eigenvalue weighted by Crippen LogP contribution is -2.22. The second-order valence-corrected chi connectivity index (χ2v) is 6.52. The van der Waals surface area contributed by atoms with Gasteiger partial charge in [-0.15, -0.1) is 0 Å². The molecule has 4 nitrogen and oxygen atoms in total. The smallest absolute Gasteiger partial charge is 0.306 e. The van der Waals surface area contributed by atoms with Gasteiger partial charge in [-0.3, -0.25) is 9.59 Å². The number of ether oxygens (including phenoxy) is 2. The van der Waals surface area contributed by atoms with Gasteiger partial charge < -0.3 is 9.47 Å². The summed E-state index contributed by atoms with van der Waals surface area (Å²) in [6.07, 6.45) is 8.74. The van der Waals surface area contributed by atoms with Gasteiger partial charge in [-0.05, 0) is 31.6 Å². The molecule has 0 aromatic carbocycles. The number of esters is 2. The van der Waals surface area contributed by atoms with E-state index in [1.807, 2.05) is 6.92 Å². The van der Waals surface area contributed by atoms with Crippen LogP contribution >= 0.6 is 0 Å². The van der Waals surface area contributed by atoms with E-state index in [2.05, 4.69) is 20.8 Å². The van der Waals surface area contributed by atoms with Gasteiger partial charge in [0, 0.05) is 12.8 Å². The largest absolute Gasteiger partial charge is 0.466 e. The first kappa shape index (κ1) is 21.9. The number of carbonyl (C=O) groups is 2. The molecule has 4 heteroatoms. The van der Waals surface area contributed by atoms with Crippen LogP contribution in [0.2, 0.25) is 0 Å². The van der Waals surface area contributed by atoms with E-state index >= 15 is 0 Å². The Bertz CT molecular complexity index is 312. The first-order valence-electron chi connectivity index (χ1n) is 9.36. The SMILES string of the molecule is CCCCCCCOC(=O)CCCCC(=O)OC(CC)C(C)C. The normalized spacial score (nSPS) is 12.2. The van der Waals surface area contributed by atoms with Crippen LogP contribution in [0.5, 0.6) is 0 Å². The molecule has 0 aliphatic heterocycles. The standard InChI is InChI=1S/C19H36O4/c1-5-7-8-9-12-15-22-18(20)13-10-11-14-19(21)23-17(6-2)16(3)4/h16-17H,5-15H2,1-4H3. The fraction of sp³-hybridized carbons (Fsp3) is 0.895. The van der Waals surface area contributed by atoms with E-state index in [0.717, 1.165) is 19.3 Å². The molecule has 0 fully saturated rings. The fourth-order valence-electron chi connectivity index (χ4n) is 2.42. The minimum Gasteiger partial charge on any atom is -0.466 e. The maximum Gasteiger partial charge on any atom is 0.306 e. The zero-order chi connectivity index (χ0) is 17.5. The van der Waals surface area contributed by atoms with Crippen molar-refractivity contribution in [1.82, 2.24) is 0 Å². The zero-order valence-corrected chi connectivity index (χ0v) is 15.6. The van der Waals surface area contributed by atoms with Gasteiger partial charge >= 0.3 is 11.9 Å². The van der Waals surface area contributed by atoms with E-state index in [0.29, 0.717) is 38.2 Å². The van der Waals surface area contributed by atoms with Crippen molar-refractivity contribution in [3.05, 3.63) is 0 Å². The Balaban J connectivity index is 3.55. The Morgan fingerprint density at radius 1 is 0.826 bits per heavy atom. The summed E-state index contributed by atoms with van der Waals surface area (Å²) < 4.78 is 10.6. The third kappa shape index (κ3) is 13.1. The summed E-state index contributed by atoms with van der Waals surface area (Å²) in [4.78, 5) is 23.3. The number of carbonyl (C=O) groups excluding carboxylic acids is 2. The lowest BCUT2D eigenvalue weighted by Gasteiger charge is -2.19. The number of hydrogen-bond acceptors (Lipinski definition) is 4. The molecule has 0 rings (SSSR count). The van der Waals surface area contributed by atoms with Gasteiger partial charge in [0.15, 0.2) is 0 Å². The molecule has 0 saturated heterocycles. The molecule has 1 atom stereocenters. The van der Waals surface area contributed by atoms with Crippen LogP contribution in [0.1, 0.15) is 91.9 Å². The Hall–Kier alpha value is -1.06. The van der Waals surface area contributed by atoms with E-state index in [4.69, 9.17) is 9.47 Å². The molecule has 0 amide bonds. The Morgan fingerprint density at radius 3 is 2.00 bits per heavy atom. The van der Waals surface area contributed by atoms with Crippen molar-refractivity contribution in [2.45, 2.75) is 98.0 Å². The minimum absolute atomic E-state index is 0.000161. The second-order valence-electron chi connectivity index (χ2n) is 6.52. The van der Waals surface area contributed by atoms with Crippen LogP contribution in [0.25, 0.3) is 0 Å². The highest BCUT2D eigenvalue weighted by Gasteiger charge is 2.16. The van der Waals surface area contributed by atoms with E-state index in [-0.39, 0.29) is 18.0 Å². The molecule has 0 spiro atoms. The highest BCUT2D eigenvalue weighted by atomic mass is 16.5.